The number of thiazole rings is 1. The number of carbonyl (C=O) groups excluding carboxylic acids is 1. The molecule has 3 aromatic carbocycles. The molecule has 0 radical (unpaired) electrons. The van der Waals surface area contributed by atoms with Crippen molar-refractivity contribution in [1.29, 1.82) is 0 Å². The second-order valence-electron chi connectivity index (χ2n) is 6.81. The Labute approximate surface area is 183 Å². The summed E-state index contributed by atoms with van der Waals surface area (Å²) in [4.78, 5) is 17.0. The SMILES string of the molecule is COc1cccc(C(=O)Nc2ccc3nc(NS(=O)(=O)c4ccc(C)cc4)sc3c2)c1. The second-order valence-corrected chi connectivity index (χ2v) is 9.52. The van der Waals surface area contributed by atoms with E-state index in [1.165, 1.54) is 11.3 Å². The molecule has 1 heterocycles. The van der Waals surface area contributed by atoms with Crippen molar-refractivity contribution in [1.82, 2.24) is 4.98 Å². The lowest BCUT2D eigenvalue weighted by molar-refractivity contribution is 0.102. The topological polar surface area (TPSA) is 97.4 Å². The van der Waals surface area contributed by atoms with E-state index in [-0.39, 0.29) is 15.9 Å². The van der Waals surface area contributed by atoms with E-state index in [9.17, 15) is 13.2 Å². The van der Waals surface area contributed by atoms with E-state index in [0.29, 0.717) is 22.5 Å². The van der Waals surface area contributed by atoms with Gasteiger partial charge in [0.05, 0.1) is 22.2 Å². The molecule has 0 aliphatic rings. The third-order valence-corrected chi connectivity index (χ3v) is 6.95. The van der Waals surface area contributed by atoms with Gasteiger partial charge in [-0.25, -0.2) is 13.4 Å². The zero-order chi connectivity index (χ0) is 22.0. The first kappa shape index (κ1) is 20.8. The van der Waals surface area contributed by atoms with E-state index in [0.717, 1.165) is 10.3 Å². The molecule has 158 valence electrons. The number of benzene rings is 3. The number of anilines is 2. The largest absolute Gasteiger partial charge is 0.497 e. The maximum absolute atomic E-state index is 12.6. The molecule has 4 rings (SSSR count). The van der Waals surface area contributed by atoms with Crippen LogP contribution in [-0.2, 0) is 10.0 Å². The molecule has 7 nitrogen and oxygen atoms in total. The fourth-order valence-electron chi connectivity index (χ4n) is 2.90. The number of nitrogens with zero attached hydrogens (tertiary/aromatic N) is 1. The van der Waals surface area contributed by atoms with Crippen LogP contribution in [-0.4, -0.2) is 26.4 Å². The summed E-state index contributed by atoms with van der Waals surface area (Å²) in [5.74, 6) is 0.319. The molecule has 0 unspecified atom stereocenters. The molecular weight excluding hydrogens is 434 g/mol. The van der Waals surface area contributed by atoms with Crippen molar-refractivity contribution in [3.8, 4) is 5.75 Å². The van der Waals surface area contributed by atoms with Crippen LogP contribution in [0.1, 0.15) is 15.9 Å². The summed E-state index contributed by atoms with van der Waals surface area (Å²) in [6.45, 7) is 1.89. The fraction of sp³-hybridized carbons (Fsp3) is 0.0909. The van der Waals surface area contributed by atoms with E-state index in [1.807, 2.05) is 6.92 Å². The Kier molecular flexibility index (Phi) is 5.62. The fourth-order valence-corrected chi connectivity index (χ4v) is 5.04. The third-order valence-electron chi connectivity index (χ3n) is 4.53. The molecule has 4 aromatic rings. The summed E-state index contributed by atoms with van der Waals surface area (Å²) in [6, 6.07) is 18.7. The third kappa shape index (κ3) is 4.68. The Hall–Kier alpha value is -3.43. The minimum atomic E-state index is -3.73. The smallest absolute Gasteiger partial charge is 0.263 e. The summed E-state index contributed by atoms with van der Waals surface area (Å²) in [5, 5.41) is 3.09. The highest BCUT2D eigenvalue weighted by Gasteiger charge is 2.17. The average Bonchev–Trinajstić information content (AvgIpc) is 3.14. The number of amides is 1. The Bertz CT molecular complexity index is 1360. The van der Waals surface area contributed by atoms with Gasteiger partial charge in [0.25, 0.3) is 15.9 Å². The maximum Gasteiger partial charge on any atom is 0.263 e. The first-order valence-corrected chi connectivity index (χ1v) is 11.6. The molecule has 9 heteroatoms. The number of aromatic nitrogens is 1. The summed E-state index contributed by atoms with van der Waals surface area (Å²) < 4.78 is 33.6. The Morgan fingerprint density at radius 2 is 1.81 bits per heavy atom. The van der Waals surface area contributed by atoms with Crippen LogP contribution in [0.3, 0.4) is 0 Å². The van der Waals surface area contributed by atoms with Crippen LogP contribution in [0, 0.1) is 6.92 Å². The summed E-state index contributed by atoms with van der Waals surface area (Å²) >= 11 is 1.19. The lowest BCUT2D eigenvalue weighted by atomic mass is 10.2. The Balaban J connectivity index is 1.54. The molecular formula is C22H19N3O4S2. The van der Waals surface area contributed by atoms with Crippen molar-refractivity contribution in [2.45, 2.75) is 11.8 Å². The molecule has 2 N–H and O–H groups in total. The highest BCUT2D eigenvalue weighted by Crippen LogP contribution is 2.30. The van der Waals surface area contributed by atoms with Gasteiger partial charge in [0.2, 0.25) is 0 Å². The lowest BCUT2D eigenvalue weighted by Gasteiger charge is -2.06. The molecule has 0 aliphatic carbocycles. The van der Waals surface area contributed by atoms with Crippen LogP contribution < -0.4 is 14.8 Å². The van der Waals surface area contributed by atoms with E-state index < -0.39 is 10.0 Å². The predicted octanol–water partition coefficient (Wildman–Crippen LogP) is 4.67. The highest BCUT2D eigenvalue weighted by molar-refractivity contribution is 7.93. The molecule has 1 amide bonds. The van der Waals surface area contributed by atoms with Gasteiger partial charge in [-0.3, -0.25) is 9.52 Å². The molecule has 0 spiro atoms. The number of fused-ring (bicyclic) bond motifs is 1. The molecule has 0 saturated heterocycles. The quantitative estimate of drug-likeness (QED) is 0.442. The van der Waals surface area contributed by atoms with Crippen LogP contribution in [0.5, 0.6) is 5.75 Å². The number of carbonyl (C=O) groups is 1. The van der Waals surface area contributed by atoms with Crippen molar-refractivity contribution < 1.29 is 17.9 Å². The van der Waals surface area contributed by atoms with E-state index in [2.05, 4.69) is 15.0 Å². The van der Waals surface area contributed by atoms with Crippen molar-refractivity contribution >= 4 is 48.3 Å². The lowest BCUT2D eigenvalue weighted by Crippen LogP contribution is -2.12. The van der Waals surface area contributed by atoms with Gasteiger partial charge in [-0.15, -0.1) is 0 Å². The van der Waals surface area contributed by atoms with Crippen molar-refractivity contribution in [2.75, 3.05) is 17.1 Å². The van der Waals surface area contributed by atoms with Gasteiger partial charge < -0.3 is 10.1 Å². The van der Waals surface area contributed by atoms with Crippen LogP contribution >= 0.6 is 11.3 Å². The zero-order valence-electron chi connectivity index (χ0n) is 16.7. The number of rotatable bonds is 6. The van der Waals surface area contributed by atoms with Crippen molar-refractivity contribution in [3.63, 3.8) is 0 Å². The number of aryl methyl sites for hydroxylation is 1. The van der Waals surface area contributed by atoms with Crippen LogP contribution in [0.4, 0.5) is 10.8 Å². The average molecular weight is 454 g/mol. The molecule has 0 aliphatic heterocycles. The molecule has 1 aromatic heterocycles. The maximum atomic E-state index is 12.6. The predicted molar refractivity (Wildman–Crippen MR) is 123 cm³/mol. The molecule has 31 heavy (non-hydrogen) atoms. The number of sulfonamides is 1. The van der Waals surface area contributed by atoms with Crippen molar-refractivity contribution in [2.24, 2.45) is 0 Å². The summed E-state index contributed by atoms with van der Waals surface area (Å²) in [5.41, 5.74) is 2.65. The number of ether oxygens (including phenoxy) is 1. The zero-order valence-corrected chi connectivity index (χ0v) is 18.4. The van der Waals surface area contributed by atoms with E-state index in [1.54, 1.807) is 73.8 Å². The van der Waals surface area contributed by atoms with Gasteiger partial charge in [-0.05, 0) is 55.5 Å². The van der Waals surface area contributed by atoms with Gasteiger partial charge in [-0.1, -0.05) is 35.1 Å². The molecule has 0 atom stereocenters. The number of hydrogen-bond acceptors (Lipinski definition) is 6. The van der Waals surface area contributed by atoms with Gasteiger partial charge in [-0.2, -0.15) is 0 Å². The van der Waals surface area contributed by atoms with E-state index >= 15 is 0 Å². The Morgan fingerprint density at radius 1 is 1.03 bits per heavy atom. The first-order valence-electron chi connectivity index (χ1n) is 9.29. The molecule has 0 saturated carbocycles. The Morgan fingerprint density at radius 3 is 2.55 bits per heavy atom. The van der Waals surface area contributed by atoms with Gasteiger partial charge >= 0.3 is 0 Å². The van der Waals surface area contributed by atoms with Crippen LogP contribution in [0.25, 0.3) is 10.2 Å². The van der Waals surface area contributed by atoms with Crippen LogP contribution in [0.2, 0.25) is 0 Å². The summed E-state index contributed by atoms with van der Waals surface area (Å²) in [6.07, 6.45) is 0. The van der Waals surface area contributed by atoms with Crippen molar-refractivity contribution in [3.05, 3.63) is 77.9 Å². The van der Waals surface area contributed by atoms with Gasteiger partial charge in [0, 0.05) is 11.3 Å². The molecule has 0 fully saturated rings. The highest BCUT2D eigenvalue weighted by atomic mass is 32.2. The van der Waals surface area contributed by atoms with Gasteiger partial charge in [0.1, 0.15) is 5.75 Å². The standard InChI is InChI=1S/C22H19N3O4S2/c1-14-6-9-18(10-7-14)31(27,28)25-22-24-19-11-8-16(13-20(19)30-22)23-21(26)15-4-3-5-17(12-15)29-2/h3-13H,1-2H3,(H,23,26)(H,24,25). The second kappa shape index (κ2) is 8.37. The van der Waals surface area contributed by atoms with Crippen LogP contribution in [0.15, 0.2) is 71.6 Å². The first-order chi connectivity index (χ1) is 14.8. The summed E-state index contributed by atoms with van der Waals surface area (Å²) in [7, 11) is -2.19. The monoisotopic (exact) mass is 453 g/mol. The minimum absolute atomic E-state index is 0.170. The number of nitrogens with one attached hydrogen (secondary N) is 2. The normalized spacial score (nSPS) is 11.3. The minimum Gasteiger partial charge on any atom is -0.497 e. The van der Waals surface area contributed by atoms with E-state index in [4.69, 9.17) is 4.74 Å². The number of hydrogen-bond donors (Lipinski definition) is 2. The number of methoxy groups -OCH3 is 1. The molecule has 0 bridgehead atoms. The van der Waals surface area contributed by atoms with Gasteiger partial charge in [0.15, 0.2) is 5.13 Å².